The molecule has 7 aromatic rings. The number of aromatic nitrogens is 5. The monoisotopic (exact) mass is 493 g/mol. The summed E-state index contributed by atoms with van der Waals surface area (Å²) >= 11 is 0. The van der Waals surface area contributed by atoms with Crippen molar-refractivity contribution < 1.29 is 18.8 Å². The van der Waals surface area contributed by atoms with E-state index in [4.69, 9.17) is 14.5 Å². The molecule has 1 unspecified atom stereocenters. The van der Waals surface area contributed by atoms with Crippen LogP contribution in [0.2, 0.25) is 0 Å². The largest absolute Gasteiger partial charge is 0.448 e. The highest BCUT2D eigenvalue weighted by Crippen LogP contribution is 2.62. The lowest BCUT2D eigenvalue weighted by Crippen LogP contribution is -2.84. The van der Waals surface area contributed by atoms with Gasteiger partial charge in [-0.05, 0) is 53.2 Å². The Bertz CT molecular complexity index is 2330. The third-order valence-electron chi connectivity index (χ3n) is 8.72. The second-order valence-electron chi connectivity index (χ2n) is 10.3. The second-order valence-corrected chi connectivity index (χ2v) is 10.3. The van der Waals surface area contributed by atoms with Gasteiger partial charge in [0.1, 0.15) is 5.56 Å². The minimum atomic E-state index is 0.300. The van der Waals surface area contributed by atoms with Gasteiger partial charge in [0.05, 0.1) is 23.3 Å². The summed E-state index contributed by atoms with van der Waals surface area (Å²) in [6.45, 7) is 0. The molecule has 0 aliphatic carbocycles. The SMILES string of the molecule is Cn1c2[n+](c3ccccc31)[N+]13c4c(cccc4-2)Oc2ccc4c(c21)-n1c2c(cccc2c2ncc[n+]3c21)O4. The normalized spacial score (nSPS) is 18.1. The van der Waals surface area contributed by atoms with Crippen molar-refractivity contribution in [2.45, 2.75) is 0 Å². The zero-order chi connectivity index (χ0) is 24.5. The van der Waals surface area contributed by atoms with E-state index in [1.165, 1.54) is 5.52 Å². The Balaban J connectivity index is 1.52. The molecule has 0 fully saturated rings. The molecular formula is C30H17N6O2+3. The molecule has 8 nitrogen and oxygen atoms in total. The summed E-state index contributed by atoms with van der Waals surface area (Å²) < 4.78 is 23.0. The summed E-state index contributed by atoms with van der Waals surface area (Å²) in [4.78, 5) is 4.93. The molecule has 0 amide bonds. The van der Waals surface area contributed by atoms with Crippen molar-refractivity contribution in [2.75, 3.05) is 0 Å². The van der Waals surface area contributed by atoms with Gasteiger partial charge in [0.25, 0.3) is 5.69 Å². The number of hydrogen-bond acceptors (Lipinski definition) is 3. The summed E-state index contributed by atoms with van der Waals surface area (Å²) in [5, 5.41) is 1.07. The first-order chi connectivity index (χ1) is 18.8. The van der Waals surface area contributed by atoms with Gasteiger partial charge in [0, 0.05) is 4.68 Å². The number of nitrogens with zero attached hydrogens (tertiary/aromatic N) is 6. The molecular weight excluding hydrogens is 476 g/mol. The van der Waals surface area contributed by atoms with Crippen LogP contribution in [0.4, 0.5) is 11.4 Å². The molecule has 0 bridgehead atoms. The fraction of sp³-hybridized carbons (Fsp3) is 0.0333. The Morgan fingerprint density at radius 2 is 1.63 bits per heavy atom. The zero-order valence-electron chi connectivity index (χ0n) is 20.1. The lowest BCUT2D eigenvalue weighted by molar-refractivity contribution is -1.01. The van der Waals surface area contributed by atoms with Crippen molar-refractivity contribution in [3.8, 4) is 40.1 Å². The minimum absolute atomic E-state index is 0.300. The first-order valence-electron chi connectivity index (χ1n) is 12.7. The molecule has 38 heavy (non-hydrogen) atoms. The van der Waals surface area contributed by atoms with Gasteiger partial charge in [-0.25, -0.2) is 9.55 Å². The van der Waals surface area contributed by atoms with Crippen LogP contribution in [0.25, 0.3) is 50.2 Å². The van der Waals surface area contributed by atoms with E-state index in [-0.39, 0.29) is 0 Å². The molecule has 4 aliphatic heterocycles. The Labute approximate surface area is 214 Å². The van der Waals surface area contributed by atoms with Crippen molar-refractivity contribution in [2.24, 2.45) is 7.05 Å². The van der Waals surface area contributed by atoms with E-state index in [9.17, 15) is 0 Å². The third kappa shape index (κ3) is 1.55. The third-order valence-corrected chi connectivity index (χ3v) is 8.72. The molecule has 11 rings (SSSR count). The van der Waals surface area contributed by atoms with Gasteiger partial charge >= 0.3 is 17.2 Å². The second kappa shape index (κ2) is 5.39. The molecule has 1 spiro atoms. The number of para-hydroxylation sites is 4. The van der Waals surface area contributed by atoms with Crippen molar-refractivity contribution in [1.29, 1.82) is 0 Å². The Morgan fingerprint density at radius 1 is 0.816 bits per heavy atom. The van der Waals surface area contributed by atoms with Gasteiger partial charge in [0.15, 0.2) is 40.0 Å². The van der Waals surface area contributed by atoms with Gasteiger partial charge in [-0.3, -0.25) is 0 Å². The van der Waals surface area contributed by atoms with Crippen LogP contribution in [0.3, 0.4) is 0 Å². The molecule has 7 heterocycles. The minimum Gasteiger partial charge on any atom is -0.448 e. The average Bonchev–Trinajstić information content (AvgIpc) is 3.57. The number of hydrogen-bond donors (Lipinski definition) is 0. The summed E-state index contributed by atoms with van der Waals surface area (Å²) in [6, 6.07) is 25.3. The van der Waals surface area contributed by atoms with Crippen LogP contribution >= 0.6 is 0 Å². The van der Waals surface area contributed by atoms with E-state index < -0.39 is 0 Å². The summed E-state index contributed by atoms with van der Waals surface area (Å²) in [5.41, 5.74) is 9.58. The Hall–Kier alpha value is -5.21. The first kappa shape index (κ1) is 18.1. The number of quaternary nitrogens is 1. The fourth-order valence-corrected chi connectivity index (χ4v) is 7.47. The van der Waals surface area contributed by atoms with Gasteiger partial charge < -0.3 is 9.47 Å². The molecule has 8 heteroatoms. The summed E-state index contributed by atoms with van der Waals surface area (Å²) in [7, 11) is 2.15. The van der Waals surface area contributed by atoms with E-state index in [0.717, 1.165) is 79.0 Å². The molecule has 3 aromatic heterocycles. The maximum absolute atomic E-state index is 6.70. The van der Waals surface area contributed by atoms with E-state index in [1.54, 1.807) is 0 Å². The highest BCUT2D eigenvalue weighted by Gasteiger charge is 2.70. The lowest BCUT2D eigenvalue weighted by Gasteiger charge is -2.34. The molecule has 4 aliphatic rings. The summed E-state index contributed by atoms with van der Waals surface area (Å²) in [5.74, 6) is 4.44. The predicted molar refractivity (Wildman–Crippen MR) is 140 cm³/mol. The van der Waals surface area contributed by atoms with Crippen LogP contribution in [0.5, 0.6) is 23.0 Å². The number of rotatable bonds is 0. The molecule has 176 valence electrons. The Kier molecular flexibility index (Phi) is 2.57. The average molecular weight is 494 g/mol. The number of fused-ring (bicyclic) bond motifs is 5. The van der Waals surface area contributed by atoms with Crippen LogP contribution in [-0.4, -0.2) is 14.1 Å². The van der Waals surface area contributed by atoms with Crippen molar-refractivity contribution >= 4 is 44.5 Å². The van der Waals surface area contributed by atoms with Crippen LogP contribution < -0.4 is 23.5 Å². The molecule has 0 N–H and O–H groups in total. The predicted octanol–water partition coefficient (Wildman–Crippen LogP) is 5.32. The van der Waals surface area contributed by atoms with E-state index in [0.29, 0.717) is 4.70 Å². The molecule has 0 saturated heterocycles. The number of aryl methyl sites for hydroxylation is 1. The van der Waals surface area contributed by atoms with Crippen molar-refractivity contribution in [1.82, 2.24) is 18.8 Å². The van der Waals surface area contributed by atoms with Crippen molar-refractivity contribution in [3.63, 3.8) is 0 Å². The lowest BCUT2D eigenvalue weighted by atomic mass is 10.1. The van der Waals surface area contributed by atoms with Gasteiger partial charge in [-0.15, -0.1) is 0 Å². The standard InChI is InChI=1S/C30H17N6O2/c1-32-18-8-2-3-9-19(18)35-29(32)17-7-5-11-22-27(17)36(35)28-23(38-22)13-12-21-26(28)34-25-16(6-4-10-20(25)37-21)24-30(34)33(36)15-14-31-24/h2-15H,1H3/q+3. The van der Waals surface area contributed by atoms with Gasteiger partial charge in [-0.2, -0.15) is 4.57 Å². The maximum Gasteiger partial charge on any atom is 0.369 e. The number of imidazole rings is 1. The maximum atomic E-state index is 6.70. The van der Waals surface area contributed by atoms with Crippen LogP contribution in [0.1, 0.15) is 0 Å². The first-order valence-corrected chi connectivity index (χ1v) is 12.7. The Morgan fingerprint density at radius 3 is 2.61 bits per heavy atom. The van der Waals surface area contributed by atoms with Crippen LogP contribution in [0, 0.1) is 0 Å². The number of ether oxygens (including phenoxy) is 2. The highest BCUT2D eigenvalue weighted by molar-refractivity contribution is 6.10. The van der Waals surface area contributed by atoms with Gasteiger partial charge in [0.2, 0.25) is 17.0 Å². The molecule has 1 atom stereocenters. The summed E-state index contributed by atoms with van der Waals surface area (Å²) in [6.07, 6.45) is 4.02. The van der Waals surface area contributed by atoms with Crippen LogP contribution in [0.15, 0.2) is 85.2 Å². The number of benzene rings is 4. The van der Waals surface area contributed by atoms with Crippen molar-refractivity contribution in [3.05, 3.63) is 85.2 Å². The van der Waals surface area contributed by atoms with E-state index >= 15 is 0 Å². The zero-order valence-corrected chi connectivity index (χ0v) is 20.1. The molecule has 4 aromatic carbocycles. The molecule has 0 saturated carbocycles. The van der Waals surface area contributed by atoms with Crippen LogP contribution in [-0.2, 0) is 7.05 Å². The topological polar surface area (TPSA) is 49.0 Å². The van der Waals surface area contributed by atoms with E-state index in [2.05, 4.69) is 80.3 Å². The highest BCUT2D eigenvalue weighted by atomic mass is 16.5. The van der Waals surface area contributed by atoms with E-state index in [1.807, 2.05) is 30.5 Å². The smallest absolute Gasteiger partial charge is 0.369 e. The fourth-order valence-electron chi connectivity index (χ4n) is 7.47. The molecule has 0 radical (unpaired) electrons. The quantitative estimate of drug-likeness (QED) is 0.212. The van der Waals surface area contributed by atoms with Gasteiger partial charge in [-0.1, -0.05) is 24.3 Å².